The molecule has 4 aromatic carbocycles. The third-order valence-corrected chi connectivity index (χ3v) is 7.05. The third-order valence-electron chi connectivity index (χ3n) is 5.49. The monoisotopic (exact) mass is 573 g/mol. The van der Waals surface area contributed by atoms with Gasteiger partial charge in [0.1, 0.15) is 17.1 Å². The average Bonchev–Trinajstić information content (AvgIpc) is 2.86. The Labute approximate surface area is 228 Å². The molecular formula is C26H21Cl2N3O6S. The van der Waals surface area contributed by atoms with Gasteiger partial charge >= 0.3 is 0 Å². The number of nitrogens with zero attached hydrogens (tertiary/aromatic N) is 2. The molecule has 0 spiro atoms. The van der Waals surface area contributed by atoms with Crippen molar-refractivity contribution in [3.63, 3.8) is 0 Å². The number of carbonyl (C=O) groups excluding carboxylic acids is 1. The molecule has 4 aromatic rings. The van der Waals surface area contributed by atoms with Crippen LogP contribution in [-0.2, 0) is 10.1 Å². The SMILES string of the molecule is CCOc1ccc(Cl)cc1NC(=O)c1cc2ccccc2c(N=Nc2cc(S(=O)(=O)O)cc(C)c2Cl)c1O. The number of hydrogen-bond donors (Lipinski definition) is 3. The fourth-order valence-corrected chi connectivity index (χ4v) is 4.61. The van der Waals surface area contributed by atoms with Crippen LogP contribution in [0.25, 0.3) is 10.8 Å². The molecule has 0 unspecified atom stereocenters. The van der Waals surface area contributed by atoms with Crippen molar-refractivity contribution in [2.75, 3.05) is 11.9 Å². The van der Waals surface area contributed by atoms with E-state index in [1.165, 1.54) is 18.2 Å². The summed E-state index contributed by atoms with van der Waals surface area (Å²) in [5.74, 6) is -0.729. The van der Waals surface area contributed by atoms with Crippen LogP contribution >= 0.6 is 23.2 Å². The number of ether oxygens (including phenoxy) is 1. The summed E-state index contributed by atoms with van der Waals surface area (Å²) in [5.41, 5.74) is 0.441. The number of amides is 1. The number of anilines is 1. The average molecular weight is 574 g/mol. The number of aryl methyl sites for hydroxylation is 1. The standard InChI is InChI=1S/C26H21Cl2N3O6S/c1-3-37-22-9-8-16(27)12-20(22)29-26(33)19-11-15-6-4-5-7-18(15)24(25(19)32)31-30-21-13-17(38(34,35)36)10-14(2)23(21)28/h4-13,32H,3H2,1-2H3,(H,29,33)(H,34,35,36). The van der Waals surface area contributed by atoms with Gasteiger partial charge in [0.15, 0.2) is 5.75 Å². The van der Waals surface area contributed by atoms with Gasteiger partial charge in [0.2, 0.25) is 0 Å². The Morgan fingerprint density at radius 1 is 1.05 bits per heavy atom. The Balaban J connectivity index is 1.82. The normalized spacial score (nSPS) is 11.7. The van der Waals surface area contributed by atoms with Crippen LogP contribution in [-0.4, -0.2) is 30.6 Å². The van der Waals surface area contributed by atoms with Crippen molar-refractivity contribution >= 4 is 67.1 Å². The highest BCUT2D eigenvalue weighted by molar-refractivity contribution is 7.85. The van der Waals surface area contributed by atoms with Crippen LogP contribution in [0.15, 0.2) is 75.8 Å². The summed E-state index contributed by atoms with van der Waals surface area (Å²) >= 11 is 12.4. The summed E-state index contributed by atoms with van der Waals surface area (Å²) < 4.78 is 38.3. The van der Waals surface area contributed by atoms with E-state index in [1.54, 1.807) is 50.2 Å². The second-order valence-corrected chi connectivity index (χ2v) is 10.4. The third kappa shape index (κ3) is 5.73. The van der Waals surface area contributed by atoms with Crippen molar-refractivity contribution in [3.8, 4) is 11.5 Å². The zero-order chi connectivity index (χ0) is 27.6. The molecule has 4 rings (SSSR count). The van der Waals surface area contributed by atoms with Gasteiger partial charge in [-0.05, 0) is 61.2 Å². The van der Waals surface area contributed by atoms with Crippen LogP contribution in [0.3, 0.4) is 0 Å². The van der Waals surface area contributed by atoms with Crippen LogP contribution < -0.4 is 10.1 Å². The molecule has 1 amide bonds. The van der Waals surface area contributed by atoms with E-state index in [2.05, 4.69) is 15.5 Å². The molecule has 0 saturated heterocycles. The Hall–Kier alpha value is -3.70. The summed E-state index contributed by atoms with van der Waals surface area (Å²) in [7, 11) is -4.53. The summed E-state index contributed by atoms with van der Waals surface area (Å²) in [5, 5.41) is 23.5. The van der Waals surface area contributed by atoms with E-state index in [-0.39, 0.29) is 22.0 Å². The lowest BCUT2D eigenvalue weighted by Crippen LogP contribution is -2.13. The van der Waals surface area contributed by atoms with Crippen LogP contribution in [0.1, 0.15) is 22.8 Å². The van der Waals surface area contributed by atoms with Crippen molar-refractivity contribution in [2.45, 2.75) is 18.7 Å². The van der Waals surface area contributed by atoms with Crippen molar-refractivity contribution in [1.82, 2.24) is 0 Å². The minimum absolute atomic E-state index is 0.0460. The van der Waals surface area contributed by atoms with Crippen molar-refractivity contribution in [1.29, 1.82) is 0 Å². The molecule has 0 radical (unpaired) electrons. The van der Waals surface area contributed by atoms with Crippen LogP contribution in [0.2, 0.25) is 10.0 Å². The fraction of sp³-hybridized carbons (Fsp3) is 0.115. The first-order valence-electron chi connectivity index (χ1n) is 11.2. The molecule has 0 bridgehead atoms. The molecule has 38 heavy (non-hydrogen) atoms. The molecule has 12 heteroatoms. The second kappa shape index (κ2) is 11.0. The zero-order valence-electron chi connectivity index (χ0n) is 20.1. The lowest BCUT2D eigenvalue weighted by atomic mass is 10.0. The molecule has 0 aromatic heterocycles. The van der Waals surface area contributed by atoms with Gasteiger partial charge in [-0.15, -0.1) is 10.2 Å². The molecule has 0 saturated carbocycles. The fourth-order valence-electron chi connectivity index (χ4n) is 3.71. The zero-order valence-corrected chi connectivity index (χ0v) is 22.4. The van der Waals surface area contributed by atoms with Gasteiger partial charge in [0.25, 0.3) is 16.0 Å². The molecule has 3 N–H and O–H groups in total. The number of azo groups is 1. The molecule has 0 fully saturated rings. The molecule has 0 aliphatic rings. The number of fused-ring (bicyclic) bond motifs is 1. The second-order valence-electron chi connectivity index (χ2n) is 8.12. The molecule has 9 nitrogen and oxygen atoms in total. The molecule has 0 aliphatic heterocycles. The summed E-state index contributed by atoms with van der Waals surface area (Å²) in [6.45, 7) is 3.70. The number of carbonyl (C=O) groups is 1. The van der Waals surface area contributed by atoms with Crippen molar-refractivity contribution < 1.29 is 27.6 Å². The number of rotatable bonds is 7. The van der Waals surface area contributed by atoms with E-state index in [1.807, 2.05) is 0 Å². The Kier molecular flexibility index (Phi) is 7.89. The van der Waals surface area contributed by atoms with Crippen LogP contribution in [0.4, 0.5) is 17.1 Å². The van der Waals surface area contributed by atoms with Crippen LogP contribution in [0.5, 0.6) is 11.5 Å². The maximum Gasteiger partial charge on any atom is 0.294 e. The Bertz CT molecular complexity index is 1710. The highest BCUT2D eigenvalue weighted by Crippen LogP contribution is 2.41. The van der Waals surface area contributed by atoms with E-state index in [0.29, 0.717) is 39.4 Å². The first-order chi connectivity index (χ1) is 18.0. The number of benzene rings is 4. The topological polar surface area (TPSA) is 138 Å². The molecule has 196 valence electrons. The summed E-state index contributed by atoms with van der Waals surface area (Å²) in [6.07, 6.45) is 0. The van der Waals surface area contributed by atoms with E-state index >= 15 is 0 Å². The van der Waals surface area contributed by atoms with Gasteiger partial charge in [0.05, 0.1) is 27.8 Å². The minimum Gasteiger partial charge on any atom is -0.505 e. The van der Waals surface area contributed by atoms with Gasteiger partial charge in [-0.3, -0.25) is 9.35 Å². The summed E-state index contributed by atoms with van der Waals surface area (Å²) in [6, 6.07) is 15.4. The lowest BCUT2D eigenvalue weighted by molar-refractivity contribution is 0.102. The maximum absolute atomic E-state index is 13.3. The van der Waals surface area contributed by atoms with Crippen molar-refractivity contribution in [3.05, 3.63) is 81.8 Å². The Morgan fingerprint density at radius 2 is 1.79 bits per heavy atom. The van der Waals surface area contributed by atoms with Crippen LogP contribution in [0, 0.1) is 6.92 Å². The van der Waals surface area contributed by atoms with Gasteiger partial charge < -0.3 is 15.2 Å². The first kappa shape index (κ1) is 27.3. The minimum atomic E-state index is -4.53. The van der Waals surface area contributed by atoms with E-state index in [9.17, 15) is 22.9 Å². The maximum atomic E-state index is 13.3. The molecule has 0 heterocycles. The van der Waals surface area contributed by atoms with E-state index in [0.717, 1.165) is 6.07 Å². The quantitative estimate of drug-likeness (QED) is 0.155. The van der Waals surface area contributed by atoms with Gasteiger partial charge in [-0.2, -0.15) is 8.42 Å². The first-order valence-corrected chi connectivity index (χ1v) is 13.4. The number of phenols is 1. The molecular weight excluding hydrogens is 553 g/mol. The highest BCUT2D eigenvalue weighted by atomic mass is 35.5. The smallest absolute Gasteiger partial charge is 0.294 e. The van der Waals surface area contributed by atoms with Gasteiger partial charge in [0, 0.05) is 10.4 Å². The number of aromatic hydroxyl groups is 1. The molecule has 0 aliphatic carbocycles. The lowest BCUT2D eigenvalue weighted by Gasteiger charge is -2.14. The van der Waals surface area contributed by atoms with E-state index < -0.39 is 26.7 Å². The summed E-state index contributed by atoms with van der Waals surface area (Å²) in [4.78, 5) is 12.9. The molecule has 0 atom stereocenters. The number of hydrogen-bond acceptors (Lipinski definition) is 7. The number of halogens is 2. The number of phenolic OH excluding ortho intramolecular Hbond substituents is 1. The van der Waals surface area contributed by atoms with E-state index in [4.69, 9.17) is 27.9 Å². The van der Waals surface area contributed by atoms with Gasteiger partial charge in [-0.1, -0.05) is 47.5 Å². The highest BCUT2D eigenvalue weighted by Gasteiger charge is 2.21. The largest absolute Gasteiger partial charge is 0.505 e. The van der Waals surface area contributed by atoms with Gasteiger partial charge in [-0.25, -0.2) is 0 Å². The predicted molar refractivity (Wildman–Crippen MR) is 146 cm³/mol. The number of nitrogens with one attached hydrogen (secondary N) is 1. The van der Waals surface area contributed by atoms with Crippen molar-refractivity contribution in [2.24, 2.45) is 10.2 Å². The Morgan fingerprint density at radius 3 is 2.50 bits per heavy atom. The predicted octanol–water partition coefficient (Wildman–Crippen LogP) is 7.47.